The van der Waals surface area contributed by atoms with Crippen LogP contribution in [0, 0.1) is 0 Å². The molecule has 1 saturated heterocycles. The second kappa shape index (κ2) is 17.4. The van der Waals surface area contributed by atoms with Crippen LogP contribution in [-0.2, 0) is 38.6 Å². The zero-order valence-corrected chi connectivity index (χ0v) is 27.8. The highest BCUT2D eigenvalue weighted by molar-refractivity contribution is 5.90. The van der Waals surface area contributed by atoms with Crippen LogP contribution in [0.1, 0.15) is 85.2 Å². The summed E-state index contributed by atoms with van der Waals surface area (Å²) in [5, 5.41) is 21.1. The topological polar surface area (TPSA) is 139 Å². The van der Waals surface area contributed by atoms with E-state index in [2.05, 4.69) is 22.3 Å². The molecule has 4 N–H and O–H groups in total. The maximum Gasteiger partial charge on any atom is 0.243 e. The second-order valence-electron chi connectivity index (χ2n) is 12.4. The summed E-state index contributed by atoms with van der Waals surface area (Å²) in [6.07, 6.45) is 4.43. The van der Waals surface area contributed by atoms with Gasteiger partial charge in [-0.05, 0) is 65.8 Å². The molecule has 48 heavy (non-hydrogen) atoms. The lowest BCUT2D eigenvalue weighted by Gasteiger charge is -2.39. The fourth-order valence-electron chi connectivity index (χ4n) is 6.35. The lowest BCUT2D eigenvalue weighted by Crippen LogP contribution is -2.41. The molecule has 2 amide bonds. The van der Waals surface area contributed by atoms with E-state index >= 15 is 0 Å². The van der Waals surface area contributed by atoms with Gasteiger partial charge in [0.2, 0.25) is 11.8 Å². The smallest absolute Gasteiger partial charge is 0.243 e. The average molecular weight is 662 g/mol. The van der Waals surface area contributed by atoms with Gasteiger partial charge < -0.3 is 29.4 Å². The van der Waals surface area contributed by atoms with Crippen molar-refractivity contribution in [2.75, 3.05) is 32.6 Å². The number of fused-ring (bicyclic) bond motifs is 1. The van der Waals surface area contributed by atoms with E-state index in [-0.39, 0.29) is 37.0 Å². The number of carbonyl (C=O) groups excluding carboxylic acids is 2. The van der Waals surface area contributed by atoms with Crippen LogP contribution in [0.5, 0.6) is 11.5 Å². The first-order valence-electron chi connectivity index (χ1n) is 16.7. The summed E-state index contributed by atoms with van der Waals surface area (Å²) < 4.78 is 24.2. The number of unbranched alkanes of at least 4 members (excludes halogenated alkanes) is 3. The summed E-state index contributed by atoms with van der Waals surface area (Å²) in [5.41, 5.74) is 7.58. The van der Waals surface area contributed by atoms with Crippen molar-refractivity contribution in [1.82, 2.24) is 10.4 Å². The van der Waals surface area contributed by atoms with Gasteiger partial charge in [0.1, 0.15) is 0 Å². The molecule has 0 aromatic heterocycles. The van der Waals surface area contributed by atoms with Gasteiger partial charge >= 0.3 is 0 Å². The number of hydrogen-bond acceptors (Lipinski definition) is 9. The minimum Gasteiger partial charge on any atom is -0.493 e. The van der Waals surface area contributed by atoms with E-state index in [1.165, 1.54) is 11.1 Å². The van der Waals surface area contributed by atoms with E-state index in [9.17, 15) is 14.7 Å². The van der Waals surface area contributed by atoms with Crippen molar-refractivity contribution in [2.45, 2.75) is 83.0 Å². The van der Waals surface area contributed by atoms with E-state index in [0.29, 0.717) is 24.9 Å². The van der Waals surface area contributed by atoms with Gasteiger partial charge in [-0.15, -0.1) is 0 Å². The highest BCUT2D eigenvalue weighted by Crippen LogP contribution is 2.39. The number of carbonyl (C=O) groups is 2. The van der Waals surface area contributed by atoms with Crippen LogP contribution < -0.4 is 20.3 Å². The molecule has 0 aliphatic carbocycles. The number of amides is 2. The fraction of sp³-hybridized carbons (Fsp3) is 0.459. The summed E-state index contributed by atoms with van der Waals surface area (Å²) in [6, 6.07) is 19.6. The van der Waals surface area contributed by atoms with E-state index in [0.717, 1.165) is 73.5 Å². The van der Waals surface area contributed by atoms with Crippen molar-refractivity contribution in [2.24, 2.45) is 0 Å². The Kier molecular flexibility index (Phi) is 12.8. The molecule has 2 heterocycles. The van der Waals surface area contributed by atoms with E-state index in [1.54, 1.807) is 19.7 Å². The molecule has 2 aliphatic heterocycles. The number of aliphatic hydroxyl groups excluding tert-OH is 1. The van der Waals surface area contributed by atoms with Crippen LogP contribution in [0.2, 0.25) is 0 Å². The standard InChI is InChI=1S/C37H47N3O8/c1-45-33-19-28-17-18-40(22-29(28)20-34(33)46-2)23-31-21-32(26-11-9-25(24-41)10-12-26)48-37(47-31)27-13-15-30(16-14-27)38-35(42)7-5-3-4-6-8-36(43)39-44/h9-16,19-20,31-32,37,41,44H,3-8,17-18,21-24H2,1-2H3,(H,38,42)(H,39,43)/t31-,32+,37+/m0/s1. The van der Waals surface area contributed by atoms with Crippen molar-refractivity contribution in [3.8, 4) is 11.5 Å². The van der Waals surface area contributed by atoms with Crippen molar-refractivity contribution in [1.29, 1.82) is 0 Å². The normalized spacial score (nSPS) is 19.3. The van der Waals surface area contributed by atoms with E-state index in [1.807, 2.05) is 48.5 Å². The lowest BCUT2D eigenvalue weighted by atomic mass is 9.97. The van der Waals surface area contributed by atoms with Gasteiger partial charge in [-0.25, -0.2) is 5.48 Å². The maximum atomic E-state index is 12.5. The zero-order valence-electron chi connectivity index (χ0n) is 27.8. The molecule has 5 rings (SSSR count). The molecule has 0 saturated carbocycles. The summed E-state index contributed by atoms with van der Waals surface area (Å²) in [7, 11) is 3.32. The van der Waals surface area contributed by atoms with Gasteiger partial charge in [0.25, 0.3) is 0 Å². The number of rotatable bonds is 15. The first kappa shape index (κ1) is 35.3. The van der Waals surface area contributed by atoms with Crippen LogP contribution >= 0.6 is 0 Å². The quantitative estimate of drug-likeness (QED) is 0.0934. The summed E-state index contributed by atoms with van der Waals surface area (Å²) in [4.78, 5) is 26.0. The molecule has 0 radical (unpaired) electrons. The van der Waals surface area contributed by atoms with Crippen molar-refractivity contribution in [3.05, 3.63) is 88.5 Å². The maximum absolute atomic E-state index is 12.5. The Bertz CT molecular complexity index is 1500. The van der Waals surface area contributed by atoms with Crippen LogP contribution in [0.25, 0.3) is 0 Å². The number of aliphatic hydroxyl groups is 1. The van der Waals surface area contributed by atoms with Crippen LogP contribution in [0.4, 0.5) is 5.69 Å². The van der Waals surface area contributed by atoms with Crippen LogP contribution in [-0.4, -0.2) is 60.4 Å². The van der Waals surface area contributed by atoms with Gasteiger partial charge in [-0.3, -0.25) is 19.7 Å². The number of nitrogens with one attached hydrogen (secondary N) is 2. The predicted molar refractivity (Wildman–Crippen MR) is 180 cm³/mol. The molecule has 0 bridgehead atoms. The second-order valence-corrected chi connectivity index (χ2v) is 12.4. The molecular formula is C37H47N3O8. The zero-order chi connectivity index (χ0) is 33.9. The highest BCUT2D eigenvalue weighted by Gasteiger charge is 2.34. The Morgan fingerprint density at radius 2 is 1.50 bits per heavy atom. The number of benzene rings is 3. The third-order valence-corrected chi connectivity index (χ3v) is 9.02. The SMILES string of the molecule is COc1cc2c(cc1OC)CN(C[C@@H]1C[C@H](c3ccc(CO)cc3)O[C@H](c3ccc(NC(=O)CCCCCCC(=O)NO)cc3)O1)CC2. The fourth-order valence-corrected chi connectivity index (χ4v) is 6.35. The third-order valence-electron chi connectivity index (χ3n) is 9.02. The monoisotopic (exact) mass is 661 g/mol. The molecule has 3 aromatic carbocycles. The number of anilines is 1. The number of ether oxygens (including phenoxy) is 4. The Morgan fingerprint density at radius 3 is 2.15 bits per heavy atom. The van der Waals surface area contributed by atoms with Gasteiger partial charge in [0, 0.05) is 50.1 Å². The number of hydroxylamine groups is 1. The van der Waals surface area contributed by atoms with Crippen molar-refractivity contribution >= 4 is 17.5 Å². The third kappa shape index (κ3) is 9.55. The van der Waals surface area contributed by atoms with Gasteiger partial charge in [0.05, 0.1) is 33.0 Å². The highest BCUT2D eigenvalue weighted by atomic mass is 16.7. The van der Waals surface area contributed by atoms with Gasteiger partial charge in [-0.2, -0.15) is 0 Å². The van der Waals surface area contributed by atoms with Crippen molar-refractivity contribution < 1.29 is 38.9 Å². The summed E-state index contributed by atoms with van der Waals surface area (Å²) in [5.74, 6) is 1.03. The molecule has 258 valence electrons. The Balaban J connectivity index is 1.21. The Labute approximate surface area is 282 Å². The first-order valence-corrected chi connectivity index (χ1v) is 16.7. The Hall–Kier alpha value is -4.00. The minimum absolute atomic E-state index is 0.0122. The summed E-state index contributed by atoms with van der Waals surface area (Å²) in [6.45, 7) is 2.41. The number of nitrogens with zero attached hydrogens (tertiary/aromatic N) is 1. The van der Waals surface area contributed by atoms with Crippen molar-refractivity contribution in [3.63, 3.8) is 0 Å². The van der Waals surface area contributed by atoms with Gasteiger partial charge in [-0.1, -0.05) is 49.2 Å². The minimum atomic E-state index is -0.592. The Morgan fingerprint density at radius 1 is 0.854 bits per heavy atom. The van der Waals surface area contributed by atoms with E-state index in [4.69, 9.17) is 24.2 Å². The number of hydrogen-bond donors (Lipinski definition) is 4. The lowest BCUT2D eigenvalue weighted by molar-refractivity contribution is -0.253. The molecule has 0 unspecified atom stereocenters. The summed E-state index contributed by atoms with van der Waals surface area (Å²) >= 11 is 0. The molecule has 2 aliphatic rings. The molecule has 11 nitrogen and oxygen atoms in total. The molecule has 11 heteroatoms. The number of methoxy groups -OCH3 is 2. The largest absolute Gasteiger partial charge is 0.493 e. The van der Waals surface area contributed by atoms with E-state index < -0.39 is 6.29 Å². The van der Waals surface area contributed by atoms with Crippen LogP contribution in [0.15, 0.2) is 60.7 Å². The molecule has 0 spiro atoms. The van der Waals surface area contributed by atoms with Gasteiger partial charge in [0.15, 0.2) is 17.8 Å². The molecule has 1 fully saturated rings. The average Bonchev–Trinajstić information content (AvgIpc) is 3.12. The predicted octanol–water partition coefficient (Wildman–Crippen LogP) is 5.58. The first-order chi connectivity index (χ1) is 23.4. The van der Waals surface area contributed by atoms with Crippen LogP contribution in [0.3, 0.4) is 0 Å². The molecular weight excluding hydrogens is 614 g/mol. The molecule has 3 aromatic rings. The molecule has 3 atom stereocenters.